The van der Waals surface area contributed by atoms with Gasteiger partial charge in [-0.05, 0) is 74.9 Å². The Morgan fingerprint density at radius 3 is 1.61 bits per heavy atom. The molecule has 2 heteroatoms. The van der Waals surface area contributed by atoms with E-state index in [0.29, 0.717) is 0 Å². The minimum absolute atomic E-state index is 1.11. The summed E-state index contributed by atoms with van der Waals surface area (Å²) in [5, 5.41) is 0. The number of hydrogen-bond acceptors (Lipinski definition) is 2. The average molecular weight is 240 g/mol. The summed E-state index contributed by atoms with van der Waals surface area (Å²) in [5.41, 5.74) is 5.01. The molecule has 0 aliphatic heterocycles. The van der Waals surface area contributed by atoms with Gasteiger partial charge >= 0.3 is 0 Å². The highest BCUT2D eigenvalue weighted by Gasteiger charge is 1.97. The molecule has 18 heavy (non-hydrogen) atoms. The lowest BCUT2D eigenvalue weighted by atomic mass is 10.0. The zero-order valence-electron chi connectivity index (χ0n) is 11.2. The fourth-order valence-corrected chi connectivity index (χ4v) is 2.18. The van der Waals surface area contributed by atoms with Gasteiger partial charge in [0.05, 0.1) is 0 Å². The number of rotatable bonds is 5. The van der Waals surface area contributed by atoms with E-state index in [0.717, 1.165) is 24.2 Å². The Morgan fingerprint density at radius 2 is 1.22 bits per heavy atom. The van der Waals surface area contributed by atoms with Crippen molar-refractivity contribution < 1.29 is 0 Å². The van der Waals surface area contributed by atoms with Crippen molar-refractivity contribution in [2.24, 2.45) is 0 Å². The third kappa shape index (κ3) is 3.95. The van der Waals surface area contributed by atoms with E-state index in [1.165, 1.54) is 24.0 Å². The second kappa shape index (κ2) is 6.29. The van der Waals surface area contributed by atoms with Crippen LogP contribution in [-0.2, 0) is 12.8 Å². The SMILES string of the molecule is Cc1cc(CCCCc2ccnc(C)c2)ccn1. The maximum atomic E-state index is 4.22. The highest BCUT2D eigenvalue weighted by Crippen LogP contribution is 2.10. The Kier molecular flexibility index (Phi) is 4.46. The van der Waals surface area contributed by atoms with Gasteiger partial charge in [0.25, 0.3) is 0 Å². The van der Waals surface area contributed by atoms with Gasteiger partial charge in [-0.3, -0.25) is 9.97 Å². The first-order chi connectivity index (χ1) is 8.74. The van der Waals surface area contributed by atoms with Gasteiger partial charge in [-0.25, -0.2) is 0 Å². The molecule has 0 aliphatic carbocycles. The molecule has 0 bridgehead atoms. The third-order valence-electron chi connectivity index (χ3n) is 3.10. The quantitative estimate of drug-likeness (QED) is 0.745. The average Bonchev–Trinajstić information content (AvgIpc) is 2.35. The van der Waals surface area contributed by atoms with Crippen LogP contribution in [-0.4, -0.2) is 9.97 Å². The van der Waals surface area contributed by atoms with Crippen LogP contribution in [0.25, 0.3) is 0 Å². The molecule has 0 N–H and O–H groups in total. The second-order valence-electron chi connectivity index (χ2n) is 4.82. The summed E-state index contributed by atoms with van der Waals surface area (Å²) in [5.74, 6) is 0. The predicted molar refractivity (Wildman–Crippen MR) is 74.6 cm³/mol. The zero-order valence-corrected chi connectivity index (χ0v) is 11.2. The van der Waals surface area contributed by atoms with Crippen LogP contribution in [0.4, 0.5) is 0 Å². The van der Waals surface area contributed by atoms with Gasteiger partial charge in [0.1, 0.15) is 0 Å². The van der Waals surface area contributed by atoms with Crippen LogP contribution >= 0.6 is 0 Å². The molecule has 2 nitrogen and oxygen atoms in total. The van der Waals surface area contributed by atoms with Gasteiger partial charge in [-0.15, -0.1) is 0 Å². The lowest BCUT2D eigenvalue weighted by Crippen LogP contribution is -1.92. The predicted octanol–water partition coefficient (Wildman–Crippen LogP) is 3.66. The lowest BCUT2D eigenvalue weighted by Gasteiger charge is -2.04. The summed E-state index contributed by atoms with van der Waals surface area (Å²) < 4.78 is 0. The molecular weight excluding hydrogens is 220 g/mol. The van der Waals surface area contributed by atoms with Gasteiger partial charge < -0.3 is 0 Å². The van der Waals surface area contributed by atoms with Crippen molar-refractivity contribution in [3.05, 3.63) is 59.2 Å². The summed E-state index contributed by atoms with van der Waals surface area (Å²) >= 11 is 0. The van der Waals surface area contributed by atoms with Crippen LogP contribution < -0.4 is 0 Å². The number of nitrogens with zero attached hydrogens (tertiary/aromatic N) is 2. The molecule has 0 amide bonds. The van der Waals surface area contributed by atoms with Gasteiger partial charge in [0.15, 0.2) is 0 Å². The maximum absolute atomic E-state index is 4.22. The second-order valence-corrected chi connectivity index (χ2v) is 4.82. The number of aryl methyl sites for hydroxylation is 4. The summed E-state index contributed by atoms with van der Waals surface area (Å²) in [4.78, 5) is 8.44. The van der Waals surface area contributed by atoms with E-state index in [-0.39, 0.29) is 0 Å². The van der Waals surface area contributed by atoms with E-state index in [1.807, 2.05) is 26.2 Å². The number of hydrogen-bond donors (Lipinski definition) is 0. The molecule has 0 aromatic carbocycles. The molecule has 2 heterocycles. The van der Waals surface area contributed by atoms with Crippen molar-refractivity contribution in [3.8, 4) is 0 Å². The Hall–Kier alpha value is -1.70. The van der Waals surface area contributed by atoms with Crippen LogP contribution in [0.5, 0.6) is 0 Å². The molecule has 2 rings (SSSR count). The summed E-state index contributed by atoms with van der Waals surface area (Å²) in [6.45, 7) is 4.09. The minimum atomic E-state index is 1.11. The van der Waals surface area contributed by atoms with Gasteiger partial charge in [-0.1, -0.05) is 0 Å². The van der Waals surface area contributed by atoms with E-state index in [4.69, 9.17) is 0 Å². The van der Waals surface area contributed by atoms with Crippen LogP contribution in [0.3, 0.4) is 0 Å². The van der Waals surface area contributed by atoms with Crippen molar-refractivity contribution in [3.63, 3.8) is 0 Å². The molecule has 0 radical (unpaired) electrons. The Bertz CT molecular complexity index is 458. The van der Waals surface area contributed by atoms with E-state index < -0.39 is 0 Å². The van der Waals surface area contributed by atoms with Crippen LogP contribution in [0.1, 0.15) is 35.4 Å². The Balaban J connectivity index is 1.76. The van der Waals surface area contributed by atoms with Crippen LogP contribution in [0.2, 0.25) is 0 Å². The van der Waals surface area contributed by atoms with E-state index in [1.54, 1.807) is 0 Å². The first kappa shape index (κ1) is 12.7. The molecule has 0 saturated heterocycles. The van der Waals surface area contributed by atoms with Crippen molar-refractivity contribution in [1.29, 1.82) is 0 Å². The maximum Gasteiger partial charge on any atom is 0.0375 e. The summed E-state index contributed by atoms with van der Waals surface area (Å²) in [6.07, 6.45) is 8.55. The zero-order chi connectivity index (χ0) is 12.8. The third-order valence-corrected chi connectivity index (χ3v) is 3.10. The van der Waals surface area contributed by atoms with Crippen LogP contribution in [0.15, 0.2) is 36.7 Å². The molecule has 2 aromatic heterocycles. The first-order valence-corrected chi connectivity index (χ1v) is 6.57. The van der Waals surface area contributed by atoms with Crippen molar-refractivity contribution in [2.45, 2.75) is 39.5 Å². The van der Waals surface area contributed by atoms with Gasteiger partial charge in [0.2, 0.25) is 0 Å². The smallest absolute Gasteiger partial charge is 0.0375 e. The molecule has 94 valence electrons. The molecular formula is C16H20N2. The van der Waals surface area contributed by atoms with E-state index in [2.05, 4.69) is 34.2 Å². The largest absolute Gasteiger partial charge is 0.262 e. The van der Waals surface area contributed by atoms with Crippen molar-refractivity contribution in [2.75, 3.05) is 0 Å². The number of pyridine rings is 2. The minimum Gasteiger partial charge on any atom is -0.262 e. The highest BCUT2D eigenvalue weighted by molar-refractivity contribution is 5.16. The Morgan fingerprint density at radius 1 is 0.778 bits per heavy atom. The molecule has 0 saturated carbocycles. The van der Waals surface area contributed by atoms with E-state index in [9.17, 15) is 0 Å². The van der Waals surface area contributed by atoms with Crippen LogP contribution in [0, 0.1) is 13.8 Å². The summed E-state index contributed by atoms with van der Waals surface area (Å²) in [6, 6.07) is 8.58. The Labute approximate surface area is 109 Å². The van der Waals surface area contributed by atoms with Gasteiger partial charge in [-0.2, -0.15) is 0 Å². The molecule has 0 unspecified atom stereocenters. The first-order valence-electron chi connectivity index (χ1n) is 6.57. The molecule has 0 aliphatic rings. The molecule has 0 spiro atoms. The number of unbranched alkanes of at least 4 members (excludes halogenated alkanes) is 1. The van der Waals surface area contributed by atoms with Crippen molar-refractivity contribution >= 4 is 0 Å². The summed E-state index contributed by atoms with van der Waals surface area (Å²) in [7, 11) is 0. The highest BCUT2D eigenvalue weighted by atomic mass is 14.6. The van der Waals surface area contributed by atoms with E-state index >= 15 is 0 Å². The van der Waals surface area contributed by atoms with Gasteiger partial charge in [0, 0.05) is 23.8 Å². The number of aromatic nitrogens is 2. The topological polar surface area (TPSA) is 25.8 Å². The fourth-order valence-electron chi connectivity index (χ4n) is 2.18. The molecule has 2 aromatic rings. The van der Waals surface area contributed by atoms with Crippen molar-refractivity contribution in [1.82, 2.24) is 9.97 Å². The molecule has 0 atom stereocenters. The fraction of sp³-hybridized carbons (Fsp3) is 0.375. The lowest BCUT2D eigenvalue weighted by molar-refractivity contribution is 0.732. The standard InChI is InChI=1S/C16H20N2/c1-13-11-15(7-9-17-13)5-3-4-6-16-8-10-18-14(2)12-16/h7-12H,3-6H2,1-2H3. The monoisotopic (exact) mass is 240 g/mol. The normalized spacial score (nSPS) is 10.6. The molecule has 0 fully saturated rings.